The number of hydrogen-bond acceptors (Lipinski definition) is 4. The summed E-state index contributed by atoms with van der Waals surface area (Å²) in [6.45, 7) is 8.01. The Hall–Kier alpha value is -6.60. The van der Waals surface area contributed by atoms with Crippen molar-refractivity contribution in [1.29, 1.82) is 0 Å². The van der Waals surface area contributed by atoms with Gasteiger partial charge in [-0.15, -0.1) is 0 Å². The third-order valence-corrected chi connectivity index (χ3v) is 9.57. The number of nitrogens with one attached hydrogen (secondary N) is 2. The summed E-state index contributed by atoms with van der Waals surface area (Å²) in [4.78, 5) is 26.1. The highest BCUT2D eigenvalue weighted by molar-refractivity contribution is 6.03. The van der Waals surface area contributed by atoms with E-state index in [2.05, 4.69) is 111 Å². The van der Waals surface area contributed by atoms with Crippen LogP contribution in [0.4, 0.5) is 0 Å². The number of fused-ring (bicyclic) bond motifs is 2. The molecule has 3 aromatic heterocycles. The summed E-state index contributed by atoms with van der Waals surface area (Å²) in [6.07, 6.45) is 3.56. The highest BCUT2D eigenvalue weighted by Crippen LogP contribution is 2.44. The number of aromatic nitrogens is 5. The Morgan fingerprint density at radius 1 is 0.784 bits per heavy atom. The van der Waals surface area contributed by atoms with Crippen LogP contribution in [0.25, 0.3) is 38.8 Å². The van der Waals surface area contributed by atoms with Gasteiger partial charge in [0.2, 0.25) is 0 Å². The fourth-order valence-electron chi connectivity index (χ4n) is 7.03. The second kappa shape index (κ2) is 13.0. The number of H-pyrrole nitrogens is 1. The van der Waals surface area contributed by atoms with Gasteiger partial charge < -0.3 is 10.3 Å². The molecule has 1 atom stereocenters. The number of amides is 1. The van der Waals surface area contributed by atoms with Crippen LogP contribution in [0.15, 0.2) is 158 Å². The van der Waals surface area contributed by atoms with Crippen molar-refractivity contribution in [2.75, 3.05) is 0 Å². The number of allylic oxidation sites excluding steroid dienone is 1. The number of pyridine rings is 1. The van der Waals surface area contributed by atoms with E-state index >= 15 is 0 Å². The fraction of sp³-hybridized carbons (Fsp3) is 0.0909. The molecule has 248 valence electrons. The Morgan fingerprint density at radius 2 is 1.39 bits per heavy atom. The van der Waals surface area contributed by atoms with Gasteiger partial charge in [0.05, 0.1) is 22.6 Å². The van der Waals surface area contributed by atoms with E-state index in [1.807, 2.05) is 68.4 Å². The van der Waals surface area contributed by atoms with Gasteiger partial charge >= 0.3 is 0 Å². The van der Waals surface area contributed by atoms with E-state index in [0.717, 1.165) is 61.1 Å². The predicted molar refractivity (Wildman–Crippen MR) is 204 cm³/mol. The van der Waals surface area contributed by atoms with E-state index in [1.165, 1.54) is 0 Å². The molecule has 8 rings (SSSR count). The quantitative estimate of drug-likeness (QED) is 0.151. The first-order valence-corrected chi connectivity index (χ1v) is 17.0. The lowest BCUT2D eigenvalue weighted by atomic mass is 9.77. The summed E-state index contributed by atoms with van der Waals surface area (Å²) in [5.41, 5.74) is 9.33. The van der Waals surface area contributed by atoms with Crippen LogP contribution in [0.5, 0.6) is 0 Å². The fourth-order valence-corrected chi connectivity index (χ4v) is 7.03. The van der Waals surface area contributed by atoms with Gasteiger partial charge in [-0.05, 0) is 72.0 Å². The lowest BCUT2D eigenvalue weighted by Crippen LogP contribution is -2.38. The number of carbonyl (C=O) groups is 1. The Labute approximate surface area is 296 Å². The van der Waals surface area contributed by atoms with Gasteiger partial charge in [0.15, 0.2) is 5.82 Å². The van der Waals surface area contributed by atoms with Gasteiger partial charge in [-0.25, -0.2) is 9.67 Å². The van der Waals surface area contributed by atoms with E-state index in [1.54, 1.807) is 12.4 Å². The first-order valence-electron chi connectivity index (χ1n) is 17.0. The largest absolute Gasteiger partial charge is 0.343 e. The molecule has 0 saturated heterocycles. The predicted octanol–water partition coefficient (Wildman–Crippen LogP) is 9.34. The summed E-state index contributed by atoms with van der Waals surface area (Å²) < 4.78 is 2.13. The molecule has 7 nitrogen and oxygen atoms in total. The Morgan fingerprint density at radius 3 is 1.98 bits per heavy atom. The molecule has 0 spiro atoms. The first-order chi connectivity index (χ1) is 24.9. The normalized spacial score (nSPS) is 12.2. The molecule has 0 saturated carbocycles. The van der Waals surface area contributed by atoms with Crippen molar-refractivity contribution >= 4 is 33.4 Å². The standard InChI is InChI=1S/C44H36N6O/c1-29(2)32-14-13-15-33(26-32)30(3)46-43(51)42-47-38-27-37-40(28-39(38)48-42)50(49-41(37)31-22-24-45-25-23-31)44(34-16-7-4-8-17-34,35-18-9-5-10-19-35)36-20-11-6-12-21-36/h4-28,30H,1H2,2-3H3,(H,46,51)(H,47,48)/t30-/m1/s1. The van der Waals surface area contributed by atoms with Gasteiger partial charge in [0.1, 0.15) is 11.2 Å². The van der Waals surface area contributed by atoms with E-state index in [9.17, 15) is 4.79 Å². The molecule has 7 heteroatoms. The molecule has 51 heavy (non-hydrogen) atoms. The Balaban J connectivity index is 1.34. The van der Waals surface area contributed by atoms with Gasteiger partial charge in [-0.3, -0.25) is 9.78 Å². The van der Waals surface area contributed by atoms with Gasteiger partial charge in [-0.1, -0.05) is 121 Å². The summed E-state index contributed by atoms with van der Waals surface area (Å²) >= 11 is 0. The molecule has 0 aliphatic rings. The van der Waals surface area contributed by atoms with Crippen LogP contribution in [-0.2, 0) is 5.54 Å². The minimum absolute atomic E-state index is 0.237. The van der Waals surface area contributed by atoms with Crippen molar-refractivity contribution in [2.24, 2.45) is 0 Å². The zero-order valence-corrected chi connectivity index (χ0v) is 28.4. The molecule has 0 radical (unpaired) electrons. The Kier molecular flexibility index (Phi) is 8.08. The third-order valence-electron chi connectivity index (χ3n) is 9.57. The van der Waals surface area contributed by atoms with Crippen molar-refractivity contribution in [2.45, 2.75) is 25.4 Å². The average Bonchev–Trinajstić information content (AvgIpc) is 3.77. The maximum atomic E-state index is 13.7. The van der Waals surface area contributed by atoms with Gasteiger partial charge in [-0.2, -0.15) is 5.10 Å². The number of hydrogen-bond donors (Lipinski definition) is 2. The summed E-state index contributed by atoms with van der Waals surface area (Å²) in [5, 5.41) is 9.51. The molecule has 3 heterocycles. The number of aromatic amines is 1. The van der Waals surface area contributed by atoms with Gasteiger partial charge in [0, 0.05) is 23.3 Å². The van der Waals surface area contributed by atoms with E-state index in [0.29, 0.717) is 5.52 Å². The second-order valence-corrected chi connectivity index (χ2v) is 12.9. The molecule has 1 amide bonds. The maximum Gasteiger partial charge on any atom is 0.287 e. The van der Waals surface area contributed by atoms with Crippen LogP contribution in [-0.4, -0.2) is 30.6 Å². The zero-order valence-electron chi connectivity index (χ0n) is 28.4. The summed E-state index contributed by atoms with van der Waals surface area (Å²) in [7, 11) is 0. The molecular weight excluding hydrogens is 629 g/mol. The van der Waals surface area contributed by atoms with Crippen LogP contribution >= 0.6 is 0 Å². The van der Waals surface area contributed by atoms with Crippen LogP contribution in [0.3, 0.4) is 0 Å². The SMILES string of the molecule is C=C(C)c1cccc([C@@H](C)NC(=O)c2nc3cc4c(-c5ccncc5)nn(C(c5ccccc5)(c5ccccc5)c5ccccc5)c4cc3[nH]2)c1. The molecule has 2 N–H and O–H groups in total. The number of benzene rings is 5. The highest BCUT2D eigenvalue weighted by atomic mass is 16.2. The van der Waals surface area contributed by atoms with Crippen molar-refractivity contribution in [3.05, 3.63) is 192 Å². The topological polar surface area (TPSA) is 88.5 Å². The molecular formula is C44H36N6O. The second-order valence-electron chi connectivity index (χ2n) is 12.9. The molecule has 0 unspecified atom stereocenters. The van der Waals surface area contributed by atoms with E-state index < -0.39 is 5.54 Å². The van der Waals surface area contributed by atoms with Crippen LogP contribution in [0.2, 0.25) is 0 Å². The van der Waals surface area contributed by atoms with Crippen molar-refractivity contribution in [3.8, 4) is 11.3 Å². The van der Waals surface area contributed by atoms with Crippen molar-refractivity contribution in [3.63, 3.8) is 0 Å². The van der Waals surface area contributed by atoms with Crippen LogP contribution in [0, 0.1) is 0 Å². The first kappa shape index (κ1) is 31.7. The molecule has 0 fully saturated rings. The minimum atomic E-state index is -0.852. The molecule has 0 aliphatic heterocycles. The van der Waals surface area contributed by atoms with E-state index in [-0.39, 0.29) is 17.8 Å². The summed E-state index contributed by atoms with van der Waals surface area (Å²) in [6, 6.07) is 47.3. The van der Waals surface area contributed by atoms with Crippen molar-refractivity contribution < 1.29 is 4.79 Å². The molecule has 5 aromatic carbocycles. The minimum Gasteiger partial charge on any atom is -0.343 e. The number of nitrogens with zero attached hydrogens (tertiary/aromatic N) is 4. The number of rotatable bonds is 9. The zero-order chi connectivity index (χ0) is 35.0. The third kappa shape index (κ3) is 5.59. The average molecular weight is 665 g/mol. The lowest BCUT2D eigenvalue weighted by Gasteiger charge is -2.37. The molecule has 0 aliphatic carbocycles. The monoisotopic (exact) mass is 664 g/mol. The maximum absolute atomic E-state index is 13.7. The lowest BCUT2D eigenvalue weighted by molar-refractivity contribution is 0.0930. The van der Waals surface area contributed by atoms with Crippen molar-refractivity contribution in [1.82, 2.24) is 30.0 Å². The highest BCUT2D eigenvalue weighted by Gasteiger charge is 2.41. The van der Waals surface area contributed by atoms with Gasteiger partial charge in [0.25, 0.3) is 5.91 Å². The molecule has 8 aromatic rings. The number of imidazole rings is 1. The molecule has 0 bridgehead atoms. The van der Waals surface area contributed by atoms with Crippen LogP contribution < -0.4 is 5.32 Å². The smallest absolute Gasteiger partial charge is 0.287 e. The number of carbonyl (C=O) groups excluding carboxylic acids is 1. The Bertz CT molecular complexity index is 2410. The van der Waals surface area contributed by atoms with Crippen LogP contribution in [0.1, 0.15) is 58.3 Å². The summed E-state index contributed by atoms with van der Waals surface area (Å²) in [5.74, 6) is -0.0439. The van der Waals surface area contributed by atoms with E-state index in [4.69, 9.17) is 10.1 Å².